The second kappa shape index (κ2) is 6.94. The molecule has 0 bridgehead atoms. The summed E-state index contributed by atoms with van der Waals surface area (Å²) < 4.78 is 7.42. The Balaban J connectivity index is 1.94. The van der Waals surface area contributed by atoms with Gasteiger partial charge in [-0.25, -0.2) is 4.79 Å². The lowest BCUT2D eigenvalue weighted by atomic mass is 9.92. The topological polar surface area (TPSA) is 58.6 Å². The molecule has 0 amide bonds. The number of aromatic hydroxyl groups is 1. The molecule has 3 rings (SSSR count). The predicted molar refractivity (Wildman–Crippen MR) is 105 cm³/mol. The maximum absolute atomic E-state index is 12.7. The molecule has 2 aromatic rings. The minimum atomic E-state index is -0.683. The third-order valence-electron chi connectivity index (χ3n) is 3.95. The molecule has 23 heavy (non-hydrogen) atoms. The van der Waals surface area contributed by atoms with Crippen LogP contribution in [0.1, 0.15) is 22.3 Å². The van der Waals surface area contributed by atoms with Gasteiger partial charge in [-0.3, -0.25) is 0 Å². The quantitative estimate of drug-likeness (QED) is 0.466. The molecule has 120 valence electrons. The van der Waals surface area contributed by atoms with Crippen molar-refractivity contribution in [3.8, 4) is 5.75 Å². The number of esters is 1. The maximum atomic E-state index is 12.7. The van der Waals surface area contributed by atoms with E-state index in [0.717, 1.165) is 15.7 Å². The molecule has 6 heteroatoms. The maximum Gasteiger partial charge on any atom is 0.342 e. The van der Waals surface area contributed by atoms with Crippen LogP contribution in [0.5, 0.6) is 5.75 Å². The van der Waals surface area contributed by atoms with Crippen molar-refractivity contribution in [2.24, 2.45) is 0 Å². The van der Waals surface area contributed by atoms with Crippen molar-refractivity contribution in [2.45, 2.75) is 12.0 Å². The minimum absolute atomic E-state index is 0.0230. The molecule has 4 nitrogen and oxygen atoms in total. The summed E-state index contributed by atoms with van der Waals surface area (Å²) in [6.45, 7) is 1.36. The number of benzene rings is 2. The van der Waals surface area contributed by atoms with Gasteiger partial charge in [0, 0.05) is 16.5 Å². The Bertz CT molecular complexity index is 728. The fourth-order valence-corrected chi connectivity index (χ4v) is 4.60. The summed E-state index contributed by atoms with van der Waals surface area (Å²) in [5, 5.41) is 13.5. The van der Waals surface area contributed by atoms with E-state index in [1.54, 1.807) is 6.07 Å². The summed E-state index contributed by atoms with van der Waals surface area (Å²) >= 11 is 4.14. The van der Waals surface area contributed by atoms with Crippen molar-refractivity contribution in [3.63, 3.8) is 0 Å². The van der Waals surface area contributed by atoms with Gasteiger partial charge in [-0.1, -0.05) is 30.3 Å². The van der Waals surface area contributed by atoms with Gasteiger partial charge in [0.1, 0.15) is 11.3 Å². The van der Waals surface area contributed by atoms with Gasteiger partial charge < -0.3 is 15.2 Å². The fourth-order valence-electron chi connectivity index (χ4n) is 2.76. The van der Waals surface area contributed by atoms with E-state index >= 15 is 0 Å². The molecule has 1 heterocycles. The number of nitrogens with one attached hydrogen (secondary N) is 1. The molecular formula is C17H15I2NO3. The first-order valence-corrected chi connectivity index (χ1v) is 9.35. The summed E-state index contributed by atoms with van der Waals surface area (Å²) in [5.41, 5.74) is 0.499. The van der Waals surface area contributed by atoms with Crippen molar-refractivity contribution in [3.05, 3.63) is 60.7 Å². The molecule has 1 aliphatic heterocycles. The minimum Gasteiger partial charge on any atom is -0.506 e. The van der Waals surface area contributed by atoms with Crippen LogP contribution in [0.4, 0.5) is 0 Å². The number of halogens is 2. The number of carbonyl (C=O) groups is 1. The molecule has 0 spiro atoms. The van der Waals surface area contributed by atoms with Crippen molar-refractivity contribution >= 4 is 51.2 Å². The Hall–Kier alpha value is -0.870. The number of hydrogen-bond acceptors (Lipinski definition) is 4. The average Bonchev–Trinajstić information content (AvgIpc) is 3.01. The second-order valence-corrected chi connectivity index (χ2v) is 7.87. The zero-order valence-electron chi connectivity index (χ0n) is 12.2. The highest BCUT2D eigenvalue weighted by Gasteiger charge is 2.40. The van der Waals surface area contributed by atoms with E-state index in [-0.39, 0.29) is 11.3 Å². The van der Waals surface area contributed by atoms with Crippen LogP contribution in [-0.2, 0) is 10.3 Å². The lowest BCUT2D eigenvalue weighted by Gasteiger charge is -2.29. The van der Waals surface area contributed by atoms with Gasteiger partial charge in [0.2, 0.25) is 0 Å². The highest BCUT2D eigenvalue weighted by Crippen LogP contribution is 2.35. The van der Waals surface area contributed by atoms with Gasteiger partial charge in [-0.05, 0) is 69.4 Å². The van der Waals surface area contributed by atoms with Crippen LogP contribution in [0.25, 0.3) is 0 Å². The van der Waals surface area contributed by atoms with Gasteiger partial charge in [-0.15, -0.1) is 0 Å². The van der Waals surface area contributed by atoms with Crippen molar-refractivity contribution in [2.75, 3.05) is 13.1 Å². The summed E-state index contributed by atoms with van der Waals surface area (Å²) in [5.74, 6) is -0.517. The molecule has 0 saturated carbocycles. The van der Waals surface area contributed by atoms with Crippen LogP contribution in [0.3, 0.4) is 0 Å². The molecule has 2 aromatic carbocycles. The lowest BCUT2D eigenvalue weighted by molar-refractivity contribution is -0.0118. The number of hydrogen-bond donors (Lipinski definition) is 2. The van der Waals surface area contributed by atoms with Crippen LogP contribution < -0.4 is 5.32 Å². The van der Waals surface area contributed by atoms with E-state index < -0.39 is 11.6 Å². The first kappa shape index (κ1) is 17.0. The third kappa shape index (κ3) is 3.48. The molecular weight excluding hydrogens is 520 g/mol. The Kier molecular flexibility index (Phi) is 5.12. The van der Waals surface area contributed by atoms with Crippen molar-refractivity contribution in [1.29, 1.82) is 0 Å². The smallest absolute Gasteiger partial charge is 0.342 e. The normalized spacial score (nSPS) is 20.4. The van der Waals surface area contributed by atoms with Gasteiger partial charge in [0.25, 0.3) is 0 Å². The van der Waals surface area contributed by atoms with Gasteiger partial charge in [0.05, 0.1) is 3.57 Å². The Morgan fingerprint density at radius 3 is 2.61 bits per heavy atom. The molecule has 0 radical (unpaired) electrons. The number of ether oxygens (including phenoxy) is 1. The highest BCUT2D eigenvalue weighted by molar-refractivity contribution is 14.1. The summed E-state index contributed by atoms with van der Waals surface area (Å²) in [4.78, 5) is 12.7. The van der Waals surface area contributed by atoms with Gasteiger partial charge >= 0.3 is 5.97 Å². The summed E-state index contributed by atoms with van der Waals surface area (Å²) in [6.07, 6.45) is 0.713. The average molecular weight is 535 g/mol. The number of carbonyl (C=O) groups excluding carboxylic acids is 1. The molecule has 1 saturated heterocycles. The second-order valence-electron chi connectivity index (χ2n) is 5.46. The number of phenols is 1. The van der Waals surface area contributed by atoms with E-state index in [0.29, 0.717) is 16.5 Å². The van der Waals surface area contributed by atoms with Crippen LogP contribution >= 0.6 is 45.2 Å². The largest absolute Gasteiger partial charge is 0.506 e. The monoisotopic (exact) mass is 535 g/mol. The molecule has 1 atom stereocenters. The van der Waals surface area contributed by atoms with Gasteiger partial charge in [0.15, 0.2) is 5.60 Å². The van der Waals surface area contributed by atoms with E-state index in [1.165, 1.54) is 0 Å². The Labute approximate surface area is 161 Å². The SMILES string of the molecule is O=C(OC1(c2ccccc2)CCNC1)c1cc(I)cc(I)c1O. The Morgan fingerprint density at radius 1 is 1.22 bits per heavy atom. The molecule has 2 N–H and O–H groups in total. The lowest BCUT2D eigenvalue weighted by Crippen LogP contribution is -2.34. The van der Waals surface area contributed by atoms with Crippen LogP contribution in [0, 0.1) is 7.14 Å². The van der Waals surface area contributed by atoms with Crippen molar-refractivity contribution in [1.82, 2.24) is 5.32 Å². The summed E-state index contributed by atoms with van der Waals surface area (Å²) in [6, 6.07) is 13.2. The number of phenolic OH excluding ortho intramolecular Hbond substituents is 1. The van der Waals surface area contributed by atoms with Crippen molar-refractivity contribution < 1.29 is 14.6 Å². The Morgan fingerprint density at radius 2 is 1.96 bits per heavy atom. The molecule has 0 aromatic heterocycles. The van der Waals surface area contributed by atoms with Gasteiger partial charge in [-0.2, -0.15) is 0 Å². The van der Waals surface area contributed by atoms with E-state index in [4.69, 9.17) is 4.74 Å². The summed E-state index contributed by atoms with van der Waals surface area (Å²) in [7, 11) is 0. The first-order chi connectivity index (χ1) is 11.0. The first-order valence-electron chi connectivity index (χ1n) is 7.19. The molecule has 1 fully saturated rings. The zero-order valence-corrected chi connectivity index (χ0v) is 16.5. The molecule has 1 aliphatic rings. The number of rotatable bonds is 3. The molecule has 1 unspecified atom stereocenters. The molecule has 0 aliphatic carbocycles. The zero-order chi connectivity index (χ0) is 16.4. The van der Waals surface area contributed by atoms with Crippen LogP contribution in [0.2, 0.25) is 0 Å². The third-order valence-corrected chi connectivity index (χ3v) is 5.40. The van der Waals surface area contributed by atoms with E-state index in [9.17, 15) is 9.90 Å². The van der Waals surface area contributed by atoms with E-state index in [1.807, 2.05) is 59.0 Å². The van der Waals surface area contributed by atoms with Crippen LogP contribution in [0.15, 0.2) is 42.5 Å². The van der Waals surface area contributed by atoms with E-state index in [2.05, 4.69) is 27.9 Å². The fraction of sp³-hybridized carbons (Fsp3) is 0.235. The predicted octanol–water partition coefficient (Wildman–Crippen LogP) is 3.65. The standard InChI is InChI=1S/C17H15I2NO3/c18-12-8-13(15(21)14(19)9-12)16(22)23-17(6-7-20-10-17)11-4-2-1-3-5-11/h1-5,8-9,20-21H,6-7,10H2. The highest BCUT2D eigenvalue weighted by atomic mass is 127. The van der Waals surface area contributed by atoms with Crippen LogP contribution in [-0.4, -0.2) is 24.2 Å².